The molecule has 3 aromatic carbocycles. The predicted octanol–water partition coefficient (Wildman–Crippen LogP) is 8.24. The number of aliphatic imine (C=N–C) groups is 1. The standard InChI is InChI=1S/C34H34Cl2F2N8/c1-34(2,3)46-12-10-23(11-13-46)41-19-30(45-40)32(20-4-6-22(37)7-5-20)44-25-14-26-31(43-24-8-9-29(38)27(35)15-24)21(17-39)18-42-33(26)28(36)16-25/h4-9,14-16,18-19,23,32,44H,10-13,40H2,1-3H3,(H,42,43)/t32-/m0/s1. The monoisotopic (exact) mass is 662 g/mol. The van der Waals surface area contributed by atoms with Crippen molar-refractivity contribution in [2.24, 2.45) is 15.9 Å². The Bertz CT molecular complexity index is 1820. The van der Waals surface area contributed by atoms with Crippen molar-refractivity contribution in [3.63, 3.8) is 0 Å². The molecule has 1 aromatic heterocycles. The number of piperidine rings is 1. The molecule has 0 saturated carbocycles. The van der Waals surface area contributed by atoms with Gasteiger partial charge in [0.25, 0.3) is 0 Å². The number of nitrogens with two attached hydrogens (primary N) is 1. The summed E-state index contributed by atoms with van der Waals surface area (Å²) >= 11 is 12.7. The molecule has 8 nitrogen and oxygen atoms in total. The number of benzene rings is 3. The highest BCUT2D eigenvalue weighted by Gasteiger charge is 2.27. The van der Waals surface area contributed by atoms with Gasteiger partial charge in [-0.3, -0.25) is 14.9 Å². The molecular formula is C34H34Cl2F2N8. The van der Waals surface area contributed by atoms with Gasteiger partial charge in [0, 0.05) is 47.8 Å². The highest BCUT2D eigenvalue weighted by Crippen LogP contribution is 2.36. The highest BCUT2D eigenvalue weighted by atomic mass is 35.5. The van der Waals surface area contributed by atoms with Crippen LogP contribution in [-0.2, 0) is 0 Å². The van der Waals surface area contributed by atoms with Crippen molar-refractivity contribution >= 4 is 63.1 Å². The Kier molecular flexibility index (Phi) is 10.1. The molecule has 4 aromatic rings. The first-order valence-electron chi connectivity index (χ1n) is 14.8. The van der Waals surface area contributed by atoms with Crippen LogP contribution in [0.5, 0.6) is 0 Å². The van der Waals surface area contributed by atoms with Crippen LogP contribution in [0.4, 0.5) is 25.8 Å². The molecule has 1 atom stereocenters. The number of hydrazone groups is 1. The van der Waals surface area contributed by atoms with Crippen LogP contribution in [0.2, 0.25) is 10.0 Å². The molecular weight excluding hydrogens is 629 g/mol. The van der Waals surface area contributed by atoms with Crippen LogP contribution < -0.4 is 16.5 Å². The van der Waals surface area contributed by atoms with Crippen molar-refractivity contribution < 1.29 is 8.78 Å². The van der Waals surface area contributed by atoms with Crippen molar-refractivity contribution in [1.29, 1.82) is 5.26 Å². The molecule has 12 heteroatoms. The summed E-state index contributed by atoms with van der Waals surface area (Å²) in [6.07, 6.45) is 4.91. The summed E-state index contributed by atoms with van der Waals surface area (Å²) in [5.74, 6) is 4.99. The summed E-state index contributed by atoms with van der Waals surface area (Å²) < 4.78 is 27.8. The van der Waals surface area contributed by atoms with E-state index < -0.39 is 11.9 Å². The van der Waals surface area contributed by atoms with Crippen LogP contribution in [0.15, 0.2) is 70.9 Å². The Hall–Kier alpha value is -4.30. The normalized spacial score (nSPS) is 15.7. The first kappa shape index (κ1) is 33.1. The van der Waals surface area contributed by atoms with Crippen LogP contribution in [0.3, 0.4) is 0 Å². The SMILES string of the molecule is CC(C)(C)N1CCC(N=CC(=NN)[C@@H](Nc2cc(Cl)c3ncc(C#N)c(Nc4ccc(F)c(Cl)c4)c3c2)c2ccc(F)cc2)CC1. The minimum absolute atomic E-state index is 0.0700. The van der Waals surface area contributed by atoms with Gasteiger partial charge in [0.15, 0.2) is 0 Å². The fourth-order valence-corrected chi connectivity index (χ4v) is 5.93. The van der Waals surface area contributed by atoms with E-state index in [1.807, 2.05) is 0 Å². The van der Waals surface area contributed by atoms with Crippen LogP contribution in [-0.4, -0.2) is 46.5 Å². The second-order valence-electron chi connectivity index (χ2n) is 12.1. The van der Waals surface area contributed by atoms with Crippen molar-refractivity contribution in [3.8, 4) is 6.07 Å². The predicted molar refractivity (Wildman–Crippen MR) is 183 cm³/mol. The molecule has 2 heterocycles. The van der Waals surface area contributed by atoms with Gasteiger partial charge in [-0.05, 0) is 81.6 Å². The molecule has 0 spiro atoms. The molecule has 1 saturated heterocycles. The zero-order chi connectivity index (χ0) is 33.0. The number of rotatable bonds is 8. The van der Waals surface area contributed by atoms with Gasteiger partial charge in [-0.15, -0.1) is 0 Å². The summed E-state index contributed by atoms with van der Waals surface area (Å²) in [5.41, 5.74) is 3.34. The Balaban J connectivity index is 1.50. The van der Waals surface area contributed by atoms with E-state index in [1.165, 1.54) is 36.5 Å². The van der Waals surface area contributed by atoms with Crippen molar-refractivity contribution in [2.75, 3.05) is 23.7 Å². The number of likely N-dealkylation sites (tertiary alicyclic amines) is 1. The van der Waals surface area contributed by atoms with Gasteiger partial charge >= 0.3 is 0 Å². The molecule has 0 radical (unpaired) electrons. The number of hydrogen-bond donors (Lipinski definition) is 3. The maximum atomic E-state index is 13.9. The molecule has 0 bridgehead atoms. The number of nitrogens with zero attached hydrogens (tertiary/aromatic N) is 5. The maximum absolute atomic E-state index is 13.9. The number of fused-ring (bicyclic) bond motifs is 1. The largest absolute Gasteiger partial charge is 0.373 e. The van der Waals surface area contributed by atoms with E-state index in [0.717, 1.165) is 25.9 Å². The number of aromatic nitrogens is 1. The van der Waals surface area contributed by atoms with Crippen LogP contribution in [0.25, 0.3) is 10.9 Å². The minimum Gasteiger partial charge on any atom is -0.373 e. The van der Waals surface area contributed by atoms with Crippen LogP contribution in [0, 0.1) is 23.0 Å². The first-order valence-corrected chi connectivity index (χ1v) is 15.5. The van der Waals surface area contributed by atoms with Gasteiger partial charge in [-0.2, -0.15) is 10.4 Å². The molecule has 5 rings (SSSR count). The third-order valence-electron chi connectivity index (χ3n) is 8.02. The Morgan fingerprint density at radius 1 is 1.07 bits per heavy atom. The fourth-order valence-electron chi connectivity index (χ4n) is 5.48. The Labute approximate surface area is 276 Å². The molecule has 1 aliphatic rings. The zero-order valence-electron chi connectivity index (χ0n) is 25.7. The second kappa shape index (κ2) is 14.0. The zero-order valence-corrected chi connectivity index (χ0v) is 27.2. The lowest BCUT2D eigenvalue weighted by Gasteiger charge is -2.40. The van der Waals surface area contributed by atoms with E-state index in [-0.39, 0.29) is 28.0 Å². The average molecular weight is 664 g/mol. The number of nitrogens with one attached hydrogen (secondary N) is 2. The molecule has 1 fully saturated rings. The number of anilines is 3. The fraction of sp³-hybridized carbons (Fsp3) is 0.294. The summed E-state index contributed by atoms with van der Waals surface area (Å²) in [7, 11) is 0. The van der Waals surface area contributed by atoms with Gasteiger partial charge in [-0.25, -0.2) is 8.78 Å². The van der Waals surface area contributed by atoms with E-state index in [4.69, 9.17) is 34.0 Å². The number of halogens is 4. The highest BCUT2D eigenvalue weighted by molar-refractivity contribution is 6.36. The lowest BCUT2D eigenvalue weighted by atomic mass is 9.98. The van der Waals surface area contributed by atoms with Crippen molar-refractivity contribution in [3.05, 3.63) is 93.6 Å². The van der Waals surface area contributed by atoms with Gasteiger partial charge in [0.2, 0.25) is 0 Å². The first-order chi connectivity index (χ1) is 22.0. The second-order valence-corrected chi connectivity index (χ2v) is 12.9. The van der Waals surface area contributed by atoms with Crippen molar-refractivity contribution in [1.82, 2.24) is 9.88 Å². The molecule has 1 aliphatic heterocycles. The average Bonchev–Trinajstić information content (AvgIpc) is 3.03. The van der Waals surface area contributed by atoms with Crippen LogP contribution in [0.1, 0.15) is 50.8 Å². The third-order valence-corrected chi connectivity index (χ3v) is 8.60. The van der Waals surface area contributed by atoms with Gasteiger partial charge in [0.1, 0.15) is 23.4 Å². The summed E-state index contributed by atoms with van der Waals surface area (Å²) in [5, 5.41) is 21.3. The van der Waals surface area contributed by atoms with Gasteiger partial charge in [0.05, 0.1) is 38.9 Å². The molecule has 0 unspecified atom stereocenters. The lowest BCUT2D eigenvalue weighted by molar-refractivity contribution is 0.104. The van der Waals surface area contributed by atoms with E-state index in [0.29, 0.717) is 44.3 Å². The molecule has 46 heavy (non-hydrogen) atoms. The smallest absolute Gasteiger partial charge is 0.141 e. The summed E-state index contributed by atoms with van der Waals surface area (Å²) in [4.78, 5) is 11.7. The Morgan fingerprint density at radius 3 is 2.39 bits per heavy atom. The third kappa shape index (κ3) is 7.56. The minimum atomic E-state index is -0.628. The Morgan fingerprint density at radius 2 is 1.76 bits per heavy atom. The molecule has 0 aliphatic carbocycles. The van der Waals surface area contributed by atoms with Crippen LogP contribution >= 0.6 is 23.2 Å². The van der Waals surface area contributed by atoms with E-state index in [9.17, 15) is 14.0 Å². The van der Waals surface area contributed by atoms with Crippen molar-refractivity contribution in [2.45, 2.75) is 51.2 Å². The topological polar surface area (TPSA) is 115 Å². The molecule has 4 N–H and O–H groups in total. The summed E-state index contributed by atoms with van der Waals surface area (Å²) in [6.45, 7) is 8.51. The quantitative estimate of drug-likeness (QED) is 0.0994. The van der Waals surface area contributed by atoms with Gasteiger partial charge in [-0.1, -0.05) is 35.3 Å². The van der Waals surface area contributed by atoms with E-state index >= 15 is 0 Å². The molecule has 238 valence electrons. The van der Waals surface area contributed by atoms with E-state index in [1.54, 1.807) is 30.5 Å². The summed E-state index contributed by atoms with van der Waals surface area (Å²) in [6, 6.07) is 15.3. The lowest BCUT2D eigenvalue weighted by Crippen LogP contribution is -2.46. The number of hydrogen-bond acceptors (Lipinski definition) is 8. The van der Waals surface area contributed by atoms with E-state index in [2.05, 4.69) is 52.5 Å². The maximum Gasteiger partial charge on any atom is 0.141 e. The molecule has 0 amide bonds. The van der Waals surface area contributed by atoms with Gasteiger partial charge < -0.3 is 16.5 Å². The number of nitriles is 1. The number of pyridine rings is 1.